The second-order valence-corrected chi connectivity index (χ2v) is 4.56. The van der Waals surface area contributed by atoms with Gasteiger partial charge in [0.15, 0.2) is 0 Å². The molecule has 2 aromatic carbocycles. The molecule has 0 saturated heterocycles. The molecule has 112 valence electrons. The van der Waals surface area contributed by atoms with Gasteiger partial charge < -0.3 is 5.11 Å². The zero-order valence-electron chi connectivity index (χ0n) is 11.1. The molecule has 2 N–H and O–H groups in total. The molecule has 2 rings (SSSR count). The smallest absolute Gasteiger partial charge is 0.311 e. The molecule has 0 unspecified atom stereocenters. The lowest BCUT2D eigenvalue weighted by molar-refractivity contribution is -0.385. The third kappa shape index (κ3) is 3.39. The maximum Gasteiger partial charge on any atom is 0.311 e. The third-order valence-electron chi connectivity index (χ3n) is 2.73. The third-order valence-corrected chi connectivity index (χ3v) is 3.06. The van der Waals surface area contributed by atoms with Gasteiger partial charge in [0.05, 0.1) is 21.7 Å². The molecular formula is C14H10ClN3O4. The summed E-state index contributed by atoms with van der Waals surface area (Å²) in [6.07, 6.45) is 1.11. The van der Waals surface area contributed by atoms with Crippen molar-refractivity contribution in [2.75, 3.05) is 0 Å². The number of nitrogens with one attached hydrogen (secondary N) is 1. The topological polar surface area (TPSA) is 105 Å². The van der Waals surface area contributed by atoms with Crippen LogP contribution in [-0.4, -0.2) is 22.2 Å². The Kier molecular flexibility index (Phi) is 4.70. The van der Waals surface area contributed by atoms with Crippen LogP contribution in [0.5, 0.6) is 5.75 Å². The van der Waals surface area contributed by atoms with Crippen LogP contribution in [0.1, 0.15) is 15.9 Å². The van der Waals surface area contributed by atoms with Gasteiger partial charge in [0.2, 0.25) is 5.75 Å². The zero-order valence-corrected chi connectivity index (χ0v) is 11.8. The molecule has 0 heterocycles. The number of hydrogen-bond donors (Lipinski definition) is 2. The number of hydrazone groups is 1. The van der Waals surface area contributed by atoms with E-state index in [0.717, 1.165) is 12.3 Å². The van der Waals surface area contributed by atoms with E-state index < -0.39 is 22.3 Å². The Morgan fingerprint density at radius 3 is 2.68 bits per heavy atom. The van der Waals surface area contributed by atoms with Crippen LogP contribution < -0.4 is 5.43 Å². The van der Waals surface area contributed by atoms with E-state index in [4.69, 9.17) is 11.6 Å². The minimum Gasteiger partial charge on any atom is -0.502 e. The molecule has 0 aliphatic rings. The molecule has 0 saturated carbocycles. The first-order valence-corrected chi connectivity index (χ1v) is 6.43. The van der Waals surface area contributed by atoms with Gasteiger partial charge in [-0.2, -0.15) is 5.10 Å². The number of nitro benzene ring substituents is 1. The lowest BCUT2D eigenvalue weighted by atomic mass is 10.2. The highest BCUT2D eigenvalue weighted by Gasteiger charge is 2.15. The normalized spacial score (nSPS) is 10.6. The largest absolute Gasteiger partial charge is 0.502 e. The van der Waals surface area contributed by atoms with Crippen molar-refractivity contribution >= 4 is 29.4 Å². The van der Waals surface area contributed by atoms with Crippen molar-refractivity contribution in [3.05, 3.63) is 68.7 Å². The number of aromatic hydroxyl groups is 1. The summed E-state index contributed by atoms with van der Waals surface area (Å²) in [5.74, 6) is -1.06. The van der Waals surface area contributed by atoms with E-state index in [9.17, 15) is 20.0 Å². The summed E-state index contributed by atoms with van der Waals surface area (Å²) in [4.78, 5) is 21.8. The van der Waals surface area contributed by atoms with Crippen molar-refractivity contribution in [1.82, 2.24) is 5.43 Å². The molecule has 0 atom stereocenters. The van der Waals surface area contributed by atoms with Gasteiger partial charge in [-0.1, -0.05) is 29.8 Å². The average molecular weight is 320 g/mol. The quantitative estimate of drug-likeness (QED) is 0.513. The number of halogens is 1. The first kappa shape index (κ1) is 15.5. The van der Waals surface area contributed by atoms with E-state index in [1.807, 2.05) is 0 Å². The van der Waals surface area contributed by atoms with Crippen molar-refractivity contribution in [2.24, 2.45) is 5.10 Å². The molecule has 0 bridgehead atoms. The van der Waals surface area contributed by atoms with E-state index in [1.165, 1.54) is 18.2 Å². The Labute approximate surface area is 130 Å². The number of phenols is 1. The first-order valence-electron chi connectivity index (χ1n) is 6.05. The van der Waals surface area contributed by atoms with Gasteiger partial charge in [-0.05, 0) is 18.2 Å². The van der Waals surface area contributed by atoms with Gasteiger partial charge in [-0.3, -0.25) is 14.9 Å². The molecule has 22 heavy (non-hydrogen) atoms. The van der Waals surface area contributed by atoms with Crippen molar-refractivity contribution in [1.29, 1.82) is 0 Å². The highest BCUT2D eigenvalue weighted by Crippen LogP contribution is 2.27. The minimum absolute atomic E-state index is 0.105. The Bertz CT molecular complexity index is 762. The van der Waals surface area contributed by atoms with E-state index in [2.05, 4.69) is 10.5 Å². The molecular weight excluding hydrogens is 310 g/mol. The number of nitrogens with zero attached hydrogens (tertiary/aromatic N) is 2. The van der Waals surface area contributed by atoms with Crippen LogP contribution in [0.3, 0.4) is 0 Å². The SMILES string of the molecule is O=C(N/N=C/c1cccc([N+](=O)[O-])c1O)c1ccccc1Cl. The van der Waals surface area contributed by atoms with Crippen LogP contribution in [0.4, 0.5) is 5.69 Å². The number of rotatable bonds is 4. The summed E-state index contributed by atoms with van der Waals surface area (Å²) in [6.45, 7) is 0. The molecule has 1 amide bonds. The van der Waals surface area contributed by atoms with Crippen LogP contribution >= 0.6 is 11.6 Å². The zero-order chi connectivity index (χ0) is 16.1. The summed E-state index contributed by atoms with van der Waals surface area (Å²) in [6, 6.07) is 10.4. The number of phenolic OH excluding ortho intramolecular Hbond substituents is 1. The molecule has 0 aliphatic heterocycles. The molecule has 0 aromatic heterocycles. The number of amides is 1. The summed E-state index contributed by atoms with van der Waals surface area (Å²) < 4.78 is 0. The van der Waals surface area contributed by atoms with E-state index >= 15 is 0 Å². The molecule has 0 fully saturated rings. The van der Waals surface area contributed by atoms with Crippen molar-refractivity contribution < 1.29 is 14.8 Å². The second kappa shape index (κ2) is 6.68. The first-order chi connectivity index (χ1) is 10.5. The predicted octanol–water partition coefficient (Wildman–Crippen LogP) is 2.72. The summed E-state index contributed by atoms with van der Waals surface area (Å²) in [5.41, 5.74) is 2.13. The maximum absolute atomic E-state index is 11.8. The van der Waals surface area contributed by atoms with E-state index in [0.29, 0.717) is 0 Å². The lowest BCUT2D eigenvalue weighted by Crippen LogP contribution is -2.17. The Hall–Kier alpha value is -2.93. The number of carbonyl (C=O) groups is 1. The van der Waals surface area contributed by atoms with Gasteiger partial charge in [0.1, 0.15) is 0 Å². The van der Waals surface area contributed by atoms with Gasteiger partial charge in [0, 0.05) is 11.6 Å². The molecule has 7 nitrogen and oxygen atoms in total. The van der Waals surface area contributed by atoms with Crippen LogP contribution in [0.15, 0.2) is 47.6 Å². The average Bonchev–Trinajstić information content (AvgIpc) is 2.49. The lowest BCUT2D eigenvalue weighted by Gasteiger charge is -2.02. The van der Waals surface area contributed by atoms with Crippen molar-refractivity contribution in [2.45, 2.75) is 0 Å². The number of hydrogen-bond acceptors (Lipinski definition) is 5. The Morgan fingerprint density at radius 1 is 1.27 bits per heavy atom. The second-order valence-electron chi connectivity index (χ2n) is 4.15. The molecule has 0 spiro atoms. The monoisotopic (exact) mass is 319 g/mol. The van der Waals surface area contributed by atoms with Crippen LogP contribution in [0.25, 0.3) is 0 Å². The van der Waals surface area contributed by atoms with Gasteiger partial charge >= 0.3 is 5.69 Å². The fourth-order valence-corrected chi connectivity index (χ4v) is 1.89. The highest BCUT2D eigenvalue weighted by atomic mass is 35.5. The number of carbonyl (C=O) groups excluding carboxylic acids is 1. The molecule has 8 heteroatoms. The number of nitro groups is 1. The number of para-hydroxylation sites is 1. The minimum atomic E-state index is -0.713. The fraction of sp³-hybridized carbons (Fsp3) is 0. The molecule has 0 radical (unpaired) electrons. The van der Waals surface area contributed by atoms with Crippen LogP contribution in [-0.2, 0) is 0 Å². The summed E-state index contributed by atoms with van der Waals surface area (Å²) in [5, 5.41) is 24.3. The predicted molar refractivity (Wildman–Crippen MR) is 81.3 cm³/mol. The van der Waals surface area contributed by atoms with Crippen molar-refractivity contribution in [3.8, 4) is 5.75 Å². The van der Waals surface area contributed by atoms with Gasteiger partial charge in [-0.25, -0.2) is 5.43 Å². The molecule has 0 aliphatic carbocycles. The van der Waals surface area contributed by atoms with E-state index in [-0.39, 0.29) is 16.1 Å². The Morgan fingerprint density at radius 2 is 2.00 bits per heavy atom. The fourth-order valence-electron chi connectivity index (χ4n) is 1.67. The highest BCUT2D eigenvalue weighted by molar-refractivity contribution is 6.33. The van der Waals surface area contributed by atoms with Gasteiger partial charge in [0.25, 0.3) is 5.91 Å². The summed E-state index contributed by atoms with van der Waals surface area (Å²) >= 11 is 5.87. The molecule has 2 aromatic rings. The Balaban J connectivity index is 2.14. The number of benzene rings is 2. The van der Waals surface area contributed by atoms with Gasteiger partial charge in [-0.15, -0.1) is 0 Å². The van der Waals surface area contributed by atoms with Crippen molar-refractivity contribution in [3.63, 3.8) is 0 Å². The van der Waals surface area contributed by atoms with E-state index in [1.54, 1.807) is 18.2 Å². The standard InChI is InChI=1S/C14H10ClN3O4/c15-11-6-2-1-5-10(11)14(20)17-16-8-9-4-3-7-12(13(9)19)18(21)22/h1-8,19H,(H,17,20)/b16-8+. The van der Waals surface area contributed by atoms with Crippen LogP contribution in [0, 0.1) is 10.1 Å². The van der Waals surface area contributed by atoms with Crippen LogP contribution in [0.2, 0.25) is 5.02 Å². The maximum atomic E-state index is 11.8. The summed E-state index contributed by atoms with van der Waals surface area (Å²) in [7, 11) is 0.